The van der Waals surface area contributed by atoms with Crippen LogP contribution in [0.1, 0.15) is 83.1 Å². The average Bonchev–Trinajstić information content (AvgIpc) is 3.08. The van der Waals surface area contributed by atoms with Crippen molar-refractivity contribution in [1.82, 2.24) is 4.90 Å². The molecule has 1 aromatic carbocycles. The van der Waals surface area contributed by atoms with Gasteiger partial charge in [0, 0.05) is 25.4 Å². The molecule has 5 nitrogen and oxygen atoms in total. The van der Waals surface area contributed by atoms with Gasteiger partial charge in [-0.3, -0.25) is 9.59 Å². The van der Waals surface area contributed by atoms with Gasteiger partial charge >= 0.3 is 5.97 Å². The third-order valence-corrected chi connectivity index (χ3v) is 6.41. The van der Waals surface area contributed by atoms with E-state index in [4.69, 9.17) is 5.11 Å². The van der Waals surface area contributed by atoms with E-state index in [0.29, 0.717) is 12.8 Å². The molecule has 2 N–H and O–H groups in total. The highest BCUT2D eigenvalue weighted by Gasteiger charge is 2.30. The van der Waals surface area contributed by atoms with Gasteiger partial charge in [0.2, 0.25) is 5.91 Å². The third-order valence-electron chi connectivity index (χ3n) is 6.41. The summed E-state index contributed by atoms with van der Waals surface area (Å²) in [6.07, 6.45) is 9.70. The molecule has 2 rings (SSSR count). The summed E-state index contributed by atoms with van der Waals surface area (Å²) in [5.41, 5.74) is 1.35. The number of likely N-dealkylation sites (tertiary alicyclic amines) is 1. The Morgan fingerprint density at radius 1 is 1.10 bits per heavy atom. The molecule has 1 aliphatic rings. The monoisotopic (exact) mass is 417 g/mol. The molecule has 3 atom stereocenters. The van der Waals surface area contributed by atoms with Gasteiger partial charge in [-0.2, -0.15) is 0 Å². The molecule has 1 saturated heterocycles. The molecule has 1 fully saturated rings. The van der Waals surface area contributed by atoms with E-state index in [1.54, 1.807) is 0 Å². The van der Waals surface area contributed by atoms with Crippen molar-refractivity contribution in [2.75, 3.05) is 6.54 Å². The predicted molar refractivity (Wildman–Crippen MR) is 119 cm³/mol. The van der Waals surface area contributed by atoms with Gasteiger partial charge in [0.05, 0.1) is 6.10 Å². The van der Waals surface area contributed by atoms with Crippen molar-refractivity contribution in [2.24, 2.45) is 5.92 Å². The van der Waals surface area contributed by atoms with Crippen LogP contribution < -0.4 is 0 Å². The van der Waals surface area contributed by atoms with Crippen LogP contribution in [-0.4, -0.2) is 45.7 Å². The zero-order valence-corrected chi connectivity index (χ0v) is 18.5. The van der Waals surface area contributed by atoms with Gasteiger partial charge in [-0.15, -0.1) is 0 Å². The third kappa shape index (κ3) is 8.86. The van der Waals surface area contributed by atoms with E-state index in [1.165, 1.54) is 5.56 Å². The summed E-state index contributed by atoms with van der Waals surface area (Å²) in [5.74, 6) is -0.234. The maximum Gasteiger partial charge on any atom is 0.303 e. The number of hydrogen-bond donors (Lipinski definition) is 2. The maximum absolute atomic E-state index is 12.2. The van der Waals surface area contributed by atoms with Crippen LogP contribution in [-0.2, 0) is 16.0 Å². The van der Waals surface area contributed by atoms with E-state index < -0.39 is 5.97 Å². The van der Waals surface area contributed by atoms with E-state index >= 15 is 0 Å². The average molecular weight is 418 g/mol. The minimum Gasteiger partial charge on any atom is -0.481 e. The molecule has 1 aliphatic heterocycles. The molecule has 30 heavy (non-hydrogen) atoms. The van der Waals surface area contributed by atoms with Gasteiger partial charge in [-0.05, 0) is 62.8 Å². The highest BCUT2D eigenvalue weighted by Crippen LogP contribution is 2.26. The van der Waals surface area contributed by atoms with E-state index in [0.717, 1.165) is 64.3 Å². The number of carbonyl (C=O) groups excluding carboxylic acids is 1. The number of carboxylic acids is 1. The van der Waals surface area contributed by atoms with E-state index in [9.17, 15) is 14.7 Å². The van der Waals surface area contributed by atoms with E-state index in [2.05, 4.69) is 31.2 Å². The minimum atomic E-state index is -0.738. The molecule has 0 aromatic heterocycles. The van der Waals surface area contributed by atoms with E-state index in [-0.39, 0.29) is 30.4 Å². The lowest BCUT2D eigenvalue weighted by molar-refractivity contribution is -0.137. The number of aliphatic hydroxyl groups excluding tert-OH is 1. The topological polar surface area (TPSA) is 77.8 Å². The fraction of sp³-hybridized carbons (Fsp3) is 0.680. The Kier molecular flexibility index (Phi) is 10.9. The number of aryl methyl sites for hydroxylation is 1. The van der Waals surface area contributed by atoms with Crippen molar-refractivity contribution in [1.29, 1.82) is 0 Å². The standard InChI is InChI=1S/C25H39NO4/c1-20(10-9-13-21-11-5-4-6-12-21)23(27)17-15-22-16-18-24(28)26(22)19-8-3-2-7-14-25(29)30/h4-6,11-12,20,22-23,27H,2-3,7-10,13-19H2,1H3,(H,29,30)/t20-,22+,23-/m1/s1. The lowest BCUT2D eigenvalue weighted by Gasteiger charge is -2.27. The van der Waals surface area contributed by atoms with Gasteiger partial charge in [0.1, 0.15) is 0 Å². The molecule has 0 saturated carbocycles. The Bertz CT molecular complexity index is 633. The normalized spacial score (nSPS) is 18.5. The highest BCUT2D eigenvalue weighted by atomic mass is 16.4. The first-order chi connectivity index (χ1) is 14.5. The molecule has 1 amide bonds. The number of aliphatic carboxylic acids is 1. The van der Waals surface area contributed by atoms with Crippen molar-refractivity contribution in [2.45, 2.75) is 96.1 Å². The second-order valence-corrected chi connectivity index (χ2v) is 8.84. The number of aliphatic hydroxyl groups is 1. The van der Waals surface area contributed by atoms with Crippen LogP contribution in [0.25, 0.3) is 0 Å². The number of carboxylic acid groups (broad SMARTS) is 1. The largest absolute Gasteiger partial charge is 0.481 e. The molecule has 5 heteroatoms. The van der Waals surface area contributed by atoms with Crippen LogP contribution in [0, 0.1) is 5.92 Å². The lowest BCUT2D eigenvalue weighted by Crippen LogP contribution is -2.35. The van der Waals surface area contributed by atoms with Crippen molar-refractivity contribution in [3.63, 3.8) is 0 Å². The molecule has 1 aromatic rings. The summed E-state index contributed by atoms with van der Waals surface area (Å²) in [4.78, 5) is 24.8. The van der Waals surface area contributed by atoms with Crippen LogP contribution in [0.15, 0.2) is 30.3 Å². The number of carbonyl (C=O) groups is 2. The Labute approximate surface area is 181 Å². The van der Waals surface area contributed by atoms with Crippen molar-refractivity contribution < 1.29 is 19.8 Å². The fourth-order valence-corrected chi connectivity index (χ4v) is 4.43. The first-order valence-corrected chi connectivity index (χ1v) is 11.7. The quantitative estimate of drug-likeness (QED) is 0.401. The van der Waals surface area contributed by atoms with Crippen LogP contribution in [0.5, 0.6) is 0 Å². The SMILES string of the molecule is C[C@H](CCCc1ccccc1)[C@H](O)CC[C@H]1CCC(=O)N1CCCCCCC(=O)O. The summed E-state index contributed by atoms with van der Waals surface area (Å²) < 4.78 is 0. The van der Waals surface area contributed by atoms with Gasteiger partial charge in [0.15, 0.2) is 0 Å². The first kappa shape index (κ1) is 24.4. The molecule has 168 valence electrons. The summed E-state index contributed by atoms with van der Waals surface area (Å²) >= 11 is 0. The van der Waals surface area contributed by atoms with Crippen molar-refractivity contribution in [3.8, 4) is 0 Å². The minimum absolute atomic E-state index is 0.229. The highest BCUT2D eigenvalue weighted by molar-refractivity contribution is 5.78. The fourth-order valence-electron chi connectivity index (χ4n) is 4.43. The van der Waals surface area contributed by atoms with Crippen LogP contribution in [0.3, 0.4) is 0 Å². The number of benzene rings is 1. The number of nitrogens with zero attached hydrogens (tertiary/aromatic N) is 1. The van der Waals surface area contributed by atoms with Crippen LogP contribution >= 0.6 is 0 Å². The van der Waals surface area contributed by atoms with Crippen LogP contribution in [0.4, 0.5) is 0 Å². The summed E-state index contributed by atoms with van der Waals surface area (Å²) in [6.45, 7) is 2.89. The zero-order valence-electron chi connectivity index (χ0n) is 18.5. The second kappa shape index (κ2) is 13.4. The van der Waals surface area contributed by atoms with Gasteiger partial charge in [0.25, 0.3) is 0 Å². The Morgan fingerprint density at radius 3 is 2.57 bits per heavy atom. The van der Waals surface area contributed by atoms with Crippen molar-refractivity contribution >= 4 is 11.9 Å². The first-order valence-electron chi connectivity index (χ1n) is 11.7. The van der Waals surface area contributed by atoms with Gasteiger partial charge in [-0.1, -0.05) is 50.1 Å². The summed E-state index contributed by atoms with van der Waals surface area (Å²) in [7, 11) is 0. The summed E-state index contributed by atoms with van der Waals surface area (Å²) in [5, 5.41) is 19.3. The second-order valence-electron chi connectivity index (χ2n) is 8.84. The van der Waals surface area contributed by atoms with Crippen molar-refractivity contribution in [3.05, 3.63) is 35.9 Å². The van der Waals surface area contributed by atoms with Gasteiger partial charge < -0.3 is 15.1 Å². The molecule has 1 heterocycles. The zero-order chi connectivity index (χ0) is 21.8. The maximum atomic E-state index is 12.2. The number of amides is 1. The molecule has 0 unspecified atom stereocenters. The van der Waals surface area contributed by atoms with E-state index in [1.807, 2.05) is 11.0 Å². The molecule has 0 spiro atoms. The smallest absolute Gasteiger partial charge is 0.303 e. The predicted octanol–water partition coefficient (Wildman–Crippen LogP) is 4.81. The Balaban J connectivity index is 1.63. The van der Waals surface area contributed by atoms with Gasteiger partial charge in [-0.25, -0.2) is 0 Å². The Hall–Kier alpha value is -1.88. The molecule has 0 radical (unpaired) electrons. The lowest BCUT2D eigenvalue weighted by atomic mass is 9.92. The molecule has 0 bridgehead atoms. The Morgan fingerprint density at radius 2 is 1.83 bits per heavy atom. The number of rotatable bonds is 15. The number of hydrogen-bond acceptors (Lipinski definition) is 3. The molecular formula is C25H39NO4. The number of unbranched alkanes of at least 4 members (excludes halogenated alkanes) is 3. The summed E-state index contributed by atoms with van der Waals surface area (Å²) in [6, 6.07) is 10.7. The molecule has 0 aliphatic carbocycles. The van der Waals surface area contributed by atoms with Crippen LogP contribution in [0.2, 0.25) is 0 Å². The molecular weight excluding hydrogens is 378 g/mol.